The first kappa shape index (κ1) is 61.4. The van der Waals surface area contributed by atoms with Crippen LogP contribution in [0.25, 0.3) is 11.1 Å². The first-order valence-corrected chi connectivity index (χ1v) is 26.5. The summed E-state index contributed by atoms with van der Waals surface area (Å²) < 4.78 is 18.1. The number of ether oxygens (including phenoxy) is 3. The molecule has 0 spiro atoms. The molecule has 0 bridgehead atoms. The van der Waals surface area contributed by atoms with Crippen molar-refractivity contribution in [2.75, 3.05) is 26.2 Å². The van der Waals surface area contributed by atoms with Crippen LogP contribution in [0.2, 0.25) is 0 Å². The van der Waals surface area contributed by atoms with Gasteiger partial charge in [-0.2, -0.15) is 0 Å². The predicted molar refractivity (Wildman–Crippen MR) is 284 cm³/mol. The number of hydrogen-bond donors (Lipinski definition) is 15. The molecule has 79 heavy (non-hydrogen) atoms. The smallest absolute Gasteiger partial charge is 0.330 e. The summed E-state index contributed by atoms with van der Waals surface area (Å²) in [5.41, 5.74) is 13.3. The van der Waals surface area contributed by atoms with Gasteiger partial charge < -0.3 is 88.2 Å². The number of carbonyl (C=O) groups excluding carboxylic acids is 3. The molecule has 0 unspecified atom stereocenters. The van der Waals surface area contributed by atoms with Crippen molar-refractivity contribution in [2.24, 2.45) is 22.4 Å². The summed E-state index contributed by atoms with van der Waals surface area (Å²) in [7, 11) is 0. The van der Waals surface area contributed by atoms with Crippen LogP contribution in [0.15, 0.2) is 81.4 Å². The minimum Gasteiger partial charge on any atom is -0.480 e. The van der Waals surface area contributed by atoms with Crippen molar-refractivity contribution in [3.8, 4) is 11.1 Å². The van der Waals surface area contributed by atoms with Gasteiger partial charge in [-0.15, -0.1) is 0 Å². The zero-order valence-electron chi connectivity index (χ0n) is 44.0. The summed E-state index contributed by atoms with van der Waals surface area (Å²) >= 11 is 0. The van der Waals surface area contributed by atoms with Gasteiger partial charge >= 0.3 is 23.7 Å². The normalized spacial score (nSPS) is 24.8. The molecule has 2 fully saturated rings. The molecule has 3 aliphatic heterocycles. The highest BCUT2D eigenvalue weighted by Crippen LogP contribution is 2.34. The van der Waals surface area contributed by atoms with Crippen LogP contribution in [-0.2, 0) is 39.8 Å². The van der Waals surface area contributed by atoms with Crippen LogP contribution in [0.5, 0.6) is 0 Å². The molecule has 27 nitrogen and oxygen atoms in total. The zero-order valence-corrected chi connectivity index (χ0v) is 44.0. The number of aromatic nitrogens is 2. The largest absolute Gasteiger partial charge is 0.480 e. The molecule has 4 amide bonds. The number of urea groups is 1. The number of carboxylic acid groups (broad SMARTS) is 2. The second kappa shape index (κ2) is 29.4. The molecule has 17 N–H and O–H groups in total. The van der Waals surface area contributed by atoms with E-state index in [0.717, 1.165) is 53.6 Å². The van der Waals surface area contributed by atoms with Crippen LogP contribution in [0.1, 0.15) is 77.0 Å². The van der Waals surface area contributed by atoms with E-state index in [9.17, 15) is 64.2 Å². The van der Waals surface area contributed by atoms with Crippen molar-refractivity contribution in [1.29, 1.82) is 0 Å². The molecule has 2 saturated heterocycles. The Kier molecular flexibility index (Phi) is 22.9. The Morgan fingerprint density at radius 1 is 0.785 bits per heavy atom. The van der Waals surface area contributed by atoms with Gasteiger partial charge in [0.1, 0.15) is 66.9 Å². The number of nitrogens with one attached hydrogen (secondary N) is 7. The van der Waals surface area contributed by atoms with E-state index in [1.807, 2.05) is 23.2 Å². The maximum absolute atomic E-state index is 14.2. The van der Waals surface area contributed by atoms with Crippen molar-refractivity contribution >= 4 is 35.7 Å². The van der Waals surface area contributed by atoms with Crippen LogP contribution in [0.3, 0.4) is 0 Å². The fourth-order valence-corrected chi connectivity index (χ4v) is 9.65. The number of aryl methyl sites for hydroxylation is 1. The van der Waals surface area contributed by atoms with Crippen molar-refractivity contribution in [1.82, 2.24) is 41.5 Å². The van der Waals surface area contributed by atoms with E-state index in [1.54, 1.807) is 13.8 Å². The van der Waals surface area contributed by atoms with Gasteiger partial charge in [-0.3, -0.25) is 28.7 Å². The van der Waals surface area contributed by atoms with Gasteiger partial charge in [0.25, 0.3) is 5.56 Å². The Labute approximate surface area is 454 Å². The van der Waals surface area contributed by atoms with Crippen LogP contribution in [-0.4, -0.2) is 181 Å². The van der Waals surface area contributed by atoms with E-state index in [2.05, 4.69) is 73.3 Å². The SMILES string of the molecule is CC(C)[C@H](NC(=O)N[C@H](C(=O)N[C@H](CCCCCCCc1ccc(-c2ccccc2)cc1)C(=O)NCCCN[C@H](C(=O)O)[C@H](O[C@@H]1O[C@H](CN)[C@@H](O)[C@H]1O)[C@H]1O[C@@H](n2ccc(=O)[nH]c2=O)[C@H](O)[C@@H]1O)[C@@H]1CCNC(N)=N1)C(=O)O. The first-order valence-electron chi connectivity index (χ1n) is 26.5. The third-order valence-corrected chi connectivity index (χ3v) is 14.1. The van der Waals surface area contributed by atoms with Crippen molar-refractivity contribution in [2.45, 2.75) is 157 Å². The molecule has 14 atom stereocenters. The molecule has 434 valence electrons. The second-order valence-electron chi connectivity index (χ2n) is 20.1. The van der Waals surface area contributed by atoms with Crippen LogP contribution in [0.4, 0.5) is 4.79 Å². The van der Waals surface area contributed by atoms with Gasteiger partial charge in [0.15, 0.2) is 18.5 Å². The second-order valence-corrected chi connectivity index (χ2v) is 20.1. The number of rotatable bonds is 29. The van der Waals surface area contributed by atoms with E-state index in [-0.39, 0.29) is 44.9 Å². The number of nitrogens with zero attached hydrogens (tertiary/aromatic N) is 2. The highest BCUT2D eigenvalue weighted by Gasteiger charge is 2.54. The van der Waals surface area contributed by atoms with Crippen molar-refractivity contribution < 1.29 is 68.8 Å². The van der Waals surface area contributed by atoms with Gasteiger partial charge in [-0.05, 0) is 61.3 Å². The molecule has 3 aromatic rings. The number of nitrogens with two attached hydrogens (primary N) is 2. The van der Waals surface area contributed by atoms with Gasteiger partial charge in [-0.1, -0.05) is 94.1 Å². The van der Waals surface area contributed by atoms with Gasteiger partial charge in [-0.25, -0.2) is 19.4 Å². The molecular formula is C52H75N11O16. The number of guanidine groups is 1. The number of unbranched alkanes of at least 4 members (excludes halogenated alkanes) is 4. The van der Waals surface area contributed by atoms with Gasteiger partial charge in [0, 0.05) is 31.9 Å². The molecule has 3 aliphatic rings. The number of carbonyl (C=O) groups is 5. The van der Waals surface area contributed by atoms with E-state index in [0.29, 0.717) is 19.4 Å². The summed E-state index contributed by atoms with van der Waals surface area (Å²) in [6, 6.07) is 11.9. The molecule has 1 aromatic heterocycles. The van der Waals surface area contributed by atoms with Gasteiger partial charge in [0.2, 0.25) is 11.8 Å². The van der Waals surface area contributed by atoms with E-state index < -0.39 is 132 Å². The number of aliphatic imine (C=N–C) groups is 1. The summed E-state index contributed by atoms with van der Waals surface area (Å²) in [4.78, 5) is 97.3. The average molecular weight is 1110 g/mol. The standard InChI is InChI=1S/C52H75N11O16/c1-27(2)35(47(71)72)61-51(75)62-36(31-20-24-57-50(54)59-31)45(70)58-32(15-10-5-3-4-7-12-28-16-18-30(19-17-28)29-13-8-6-9-14-29)44(69)56-23-11-22-55-37(48(73)74)42(79-49-41(68)38(65)33(26-53)77-49)43-39(66)40(67)46(78-43)63-25-21-34(64)60-52(63)76/h6,8-9,13-14,16-19,21,25,27,31-33,35-43,46,49,55,65-68H,3-5,7,10-12,15,20,22-24,26,53H2,1-2H3,(H,56,69)(H,58,70)(H,71,72)(H,73,74)(H3,54,57,59)(H,60,64,76)(H2,61,62,75)/t31-,32+,33+,35-,36-,37-,38+,39-,40+,41+,42-,43-,46+,49-/m0/s1. The van der Waals surface area contributed by atoms with Crippen LogP contribution in [0, 0.1) is 5.92 Å². The summed E-state index contributed by atoms with van der Waals surface area (Å²) in [5, 5.41) is 80.0. The lowest BCUT2D eigenvalue weighted by molar-refractivity contribution is -0.228. The average Bonchev–Trinajstić information content (AvgIpc) is 3.93. The Bertz CT molecular complexity index is 2640. The number of aromatic amines is 1. The first-order chi connectivity index (χ1) is 37.8. The van der Waals surface area contributed by atoms with Crippen LogP contribution < -0.4 is 54.6 Å². The molecule has 4 heterocycles. The third kappa shape index (κ3) is 16.9. The van der Waals surface area contributed by atoms with Crippen molar-refractivity contribution in [3.05, 3.63) is 93.3 Å². The van der Waals surface area contributed by atoms with Gasteiger partial charge in [0.05, 0.1) is 6.04 Å². The predicted octanol–water partition coefficient (Wildman–Crippen LogP) is -2.32. The Hall–Kier alpha value is -6.82. The summed E-state index contributed by atoms with van der Waals surface area (Å²) in [5.74, 6) is -4.78. The number of carboxylic acids is 2. The lowest BCUT2D eigenvalue weighted by Crippen LogP contribution is -2.61. The monoisotopic (exact) mass is 1110 g/mol. The molecule has 6 rings (SSSR count). The summed E-state index contributed by atoms with van der Waals surface area (Å²) in [6.07, 6.45) is -9.09. The molecule has 0 aliphatic carbocycles. The van der Waals surface area contributed by atoms with E-state index >= 15 is 0 Å². The molecule has 0 radical (unpaired) electrons. The lowest BCUT2D eigenvalue weighted by Gasteiger charge is -2.33. The fraction of sp³-hybridized carbons (Fsp3) is 0.577. The molecule has 2 aromatic carbocycles. The minimum atomic E-state index is -1.94. The quantitative estimate of drug-likeness (QED) is 0.0325. The number of hydrogen-bond acceptors (Lipinski definition) is 19. The Balaban J connectivity index is 1.12. The number of benzene rings is 2. The topological polar surface area (TPSA) is 426 Å². The number of aliphatic hydroxyl groups is 4. The highest BCUT2D eigenvalue weighted by atomic mass is 16.7. The van der Waals surface area contributed by atoms with E-state index in [1.165, 1.54) is 5.56 Å². The number of aliphatic hydroxyl groups excluding tert-OH is 4. The zero-order chi connectivity index (χ0) is 57.3. The fourth-order valence-electron chi connectivity index (χ4n) is 9.65. The van der Waals surface area contributed by atoms with E-state index in [4.69, 9.17) is 25.7 Å². The third-order valence-electron chi connectivity index (χ3n) is 14.1. The lowest BCUT2D eigenvalue weighted by atomic mass is 9.98. The summed E-state index contributed by atoms with van der Waals surface area (Å²) in [6.45, 7) is 2.96. The number of H-pyrrole nitrogens is 1. The maximum Gasteiger partial charge on any atom is 0.330 e. The van der Waals surface area contributed by atoms with Crippen LogP contribution >= 0.6 is 0 Å². The number of aliphatic carboxylic acids is 2. The van der Waals surface area contributed by atoms with Crippen molar-refractivity contribution in [3.63, 3.8) is 0 Å². The Morgan fingerprint density at radius 3 is 2.11 bits per heavy atom. The number of amides is 4. The molecular weight excluding hydrogens is 1030 g/mol. The minimum absolute atomic E-state index is 0.0110. The molecule has 27 heteroatoms. The molecule has 0 saturated carbocycles. The highest BCUT2D eigenvalue weighted by molar-refractivity contribution is 5.93. The maximum atomic E-state index is 14.2. The Morgan fingerprint density at radius 2 is 1.47 bits per heavy atom.